The molecule has 1 unspecified atom stereocenters. The van der Waals surface area contributed by atoms with Crippen LogP contribution in [-0.4, -0.2) is 6.54 Å². The van der Waals surface area contributed by atoms with Crippen molar-refractivity contribution < 1.29 is 0 Å². The highest BCUT2D eigenvalue weighted by atomic mass is 127. The SMILES string of the molecule is CCCNC(c1cccs1)c1cc(Cl)ccc1I. The van der Waals surface area contributed by atoms with Crippen LogP contribution < -0.4 is 5.32 Å². The summed E-state index contributed by atoms with van der Waals surface area (Å²) in [5.41, 5.74) is 1.26. The molecule has 1 aromatic heterocycles. The van der Waals surface area contributed by atoms with E-state index in [9.17, 15) is 0 Å². The maximum absolute atomic E-state index is 6.13. The van der Waals surface area contributed by atoms with Crippen molar-refractivity contribution in [2.24, 2.45) is 0 Å². The molecule has 96 valence electrons. The average Bonchev–Trinajstić information content (AvgIpc) is 2.88. The number of rotatable bonds is 5. The summed E-state index contributed by atoms with van der Waals surface area (Å²) in [6, 6.07) is 10.6. The minimum Gasteiger partial charge on any atom is -0.306 e. The molecule has 0 aliphatic carbocycles. The van der Waals surface area contributed by atoms with Crippen molar-refractivity contribution in [2.45, 2.75) is 19.4 Å². The minimum atomic E-state index is 0.246. The van der Waals surface area contributed by atoms with Crippen molar-refractivity contribution in [3.05, 3.63) is 54.7 Å². The van der Waals surface area contributed by atoms with Gasteiger partial charge in [-0.1, -0.05) is 24.6 Å². The Balaban J connectivity index is 2.36. The van der Waals surface area contributed by atoms with E-state index in [2.05, 4.69) is 64.5 Å². The highest BCUT2D eigenvalue weighted by molar-refractivity contribution is 14.1. The zero-order valence-corrected chi connectivity index (χ0v) is 13.8. The molecule has 4 heteroatoms. The van der Waals surface area contributed by atoms with Gasteiger partial charge in [0.05, 0.1) is 6.04 Å². The number of hydrogen-bond donors (Lipinski definition) is 1. The van der Waals surface area contributed by atoms with Gasteiger partial charge in [0, 0.05) is 13.5 Å². The molecule has 0 saturated heterocycles. The molecule has 0 spiro atoms. The zero-order valence-electron chi connectivity index (χ0n) is 10.1. The Hall–Kier alpha value is -0.100. The lowest BCUT2D eigenvalue weighted by Gasteiger charge is -2.19. The van der Waals surface area contributed by atoms with Crippen LogP contribution in [0.25, 0.3) is 0 Å². The molecule has 1 heterocycles. The van der Waals surface area contributed by atoms with Crippen molar-refractivity contribution >= 4 is 45.5 Å². The van der Waals surface area contributed by atoms with Gasteiger partial charge in [0.1, 0.15) is 0 Å². The fourth-order valence-corrected chi connectivity index (χ4v) is 3.49. The van der Waals surface area contributed by atoms with Gasteiger partial charge in [-0.05, 0) is 70.8 Å². The summed E-state index contributed by atoms with van der Waals surface area (Å²) in [5, 5.41) is 6.52. The van der Waals surface area contributed by atoms with Gasteiger partial charge in [0.25, 0.3) is 0 Å². The summed E-state index contributed by atoms with van der Waals surface area (Å²) in [5.74, 6) is 0. The lowest BCUT2D eigenvalue weighted by atomic mass is 10.1. The first-order valence-electron chi connectivity index (χ1n) is 5.94. The van der Waals surface area contributed by atoms with Gasteiger partial charge in [-0.25, -0.2) is 0 Å². The van der Waals surface area contributed by atoms with Crippen molar-refractivity contribution in [1.82, 2.24) is 5.32 Å². The van der Waals surface area contributed by atoms with Crippen LogP contribution in [0.4, 0.5) is 0 Å². The standard InChI is InChI=1S/C14H15ClINS/c1-2-7-17-14(13-4-3-8-18-13)11-9-10(15)5-6-12(11)16/h3-6,8-9,14,17H,2,7H2,1H3. The number of benzene rings is 1. The van der Waals surface area contributed by atoms with E-state index in [0.717, 1.165) is 18.0 Å². The monoisotopic (exact) mass is 391 g/mol. The molecule has 0 aliphatic rings. The molecule has 0 aliphatic heterocycles. The second-order valence-electron chi connectivity index (χ2n) is 4.07. The van der Waals surface area contributed by atoms with Crippen molar-refractivity contribution in [3.63, 3.8) is 0 Å². The fourth-order valence-electron chi connectivity index (χ4n) is 1.84. The van der Waals surface area contributed by atoms with E-state index in [1.165, 1.54) is 14.0 Å². The van der Waals surface area contributed by atoms with Crippen LogP contribution in [0.1, 0.15) is 29.8 Å². The van der Waals surface area contributed by atoms with Gasteiger partial charge in [-0.2, -0.15) is 0 Å². The van der Waals surface area contributed by atoms with E-state index in [1.54, 1.807) is 11.3 Å². The Labute approximate surface area is 131 Å². The Morgan fingerprint density at radius 2 is 2.22 bits per heavy atom. The van der Waals surface area contributed by atoms with Gasteiger partial charge < -0.3 is 5.32 Å². The Morgan fingerprint density at radius 3 is 2.89 bits per heavy atom. The molecule has 0 radical (unpaired) electrons. The largest absolute Gasteiger partial charge is 0.306 e. The predicted molar refractivity (Wildman–Crippen MR) is 88.6 cm³/mol. The van der Waals surface area contributed by atoms with Crippen LogP contribution in [0.2, 0.25) is 5.02 Å². The van der Waals surface area contributed by atoms with Crippen molar-refractivity contribution in [3.8, 4) is 0 Å². The molecular formula is C14H15ClINS. The normalized spacial score (nSPS) is 12.6. The molecular weight excluding hydrogens is 377 g/mol. The molecule has 1 nitrogen and oxygen atoms in total. The molecule has 2 rings (SSSR count). The first kappa shape index (κ1) is 14.3. The summed E-state index contributed by atoms with van der Waals surface area (Å²) in [4.78, 5) is 1.34. The molecule has 0 fully saturated rings. The molecule has 1 atom stereocenters. The van der Waals surface area contributed by atoms with Crippen LogP contribution >= 0.6 is 45.5 Å². The van der Waals surface area contributed by atoms with Gasteiger partial charge in [0.15, 0.2) is 0 Å². The van der Waals surface area contributed by atoms with Crippen LogP contribution in [-0.2, 0) is 0 Å². The lowest BCUT2D eigenvalue weighted by molar-refractivity contribution is 0.604. The van der Waals surface area contributed by atoms with E-state index in [-0.39, 0.29) is 6.04 Å². The summed E-state index contributed by atoms with van der Waals surface area (Å²) < 4.78 is 1.25. The van der Waals surface area contributed by atoms with Gasteiger partial charge in [-0.15, -0.1) is 11.3 Å². The summed E-state index contributed by atoms with van der Waals surface area (Å²) in [6.07, 6.45) is 1.12. The topological polar surface area (TPSA) is 12.0 Å². The molecule has 0 amide bonds. The summed E-state index contributed by atoms with van der Waals surface area (Å²) >= 11 is 10.3. The third-order valence-corrected chi connectivity index (χ3v) is 4.85. The predicted octanol–water partition coefficient (Wildman–Crippen LogP) is 5.10. The number of nitrogens with one attached hydrogen (secondary N) is 1. The Morgan fingerprint density at radius 1 is 1.39 bits per heavy atom. The third kappa shape index (κ3) is 3.47. The first-order chi connectivity index (χ1) is 8.72. The maximum Gasteiger partial charge on any atom is 0.0681 e. The smallest absolute Gasteiger partial charge is 0.0681 e. The molecule has 18 heavy (non-hydrogen) atoms. The van der Waals surface area contributed by atoms with E-state index in [0.29, 0.717) is 0 Å². The van der Waals surface area contributed by atoms with Crippen LogP contribution in [0.3, 0.4) is 0 Å². The van der Waals surface area contributed by atoms with E-state index in [4.69, 9.17) is 11.6 Å². The summed E-state index contributed by atoms with van der Waals surface area (Å²) in [6.45, 7) is 3.19. The van der Waals surface area contributed by atoms with Crippen LogP contribution in [0, 0.1) is 3.57 Å². The first-order valence-corrected chi connectivity index (χ1v) is 8.27. The second kappa shape index (κ2) is 6.89. The maximum atomic E-state index is 6.13. The van der Waals surface area contributed by atoms with Crippen molar-refractivity contribution in [2.75, 3.05) is 6.54 Å². The number of halogens is 2. The number of thiophene rings is 1. The molecule has 2 aromatic rings. The van der Waals surface area contributed by atoms with E-state index < -0.39 is 0 Å². The molecule has 0 bridgehead atoms. The van der Waals surface area contributed by atoms with E-state index >= 15 is 0 Å². The van der Waals surface area contributed by atoms with Gasteiger partial charge in [-0.3, -0.25) is 0 Å². The average molecular weight is 392 g/mol. The Bertz CT molecular complexity index is 499. The Kier molecular flexibility index (Phi) is 5.48. The highest BCUT2D eigenvalue weighted by Gasteiger charge is 2.17. The quantitative estimate of drug-likeness (QED) is 0.700. The van der Waals surface area contributed by atoms with Crippen molar-refractivity contribution in [1.29, 1.82) is 0 Å². The highest BCUT2D eigenvalue weighted by Crippen LogP contribution is 2.31. The molecule has 1 aromatic carbocycles. The lowest BCUT2D eigenvalue weighted by Crippen LogP contribution is -2.23. The molecule has 1 N–H and O–H groups in total. The van der Waals surface area contributed by atoms with Gasteiger partial charge >= 0.3 is 0 Å². The van der Waals surface area contributed by atoms with E-state index in [1.807, 2.05) is 6.07 Å². The zero-order chi connectivity index (χ0) is 13.0. The second-order valence-corrected chi connectivity index (χ2v) is 6.65. The van der Waals surface area contributed by atoms with Crippen LogP contribution in [0.15, 0.2) is 35.7 Å². The summed E-state index contributed by atoms with van der Waals surface area (Å²) in [7, 11) is 0. The van der Waals surface area contributed by atoms with Gasteiger partial charge in [0.2, 0.25) is 0 Å². The minimum absolute atomic E-state index is 0.246. The molecule has 0 saturated carbocycles. The third-order valence-electron chi connectivity index (χ3n) is 2.70. The fraction of sp³-hybridized carbons (Fsp3) is 0.286. The van der Waals surface area contributed by atoms with Crippen LogP contribution in [0.5, 0.6) is 0 Å². The number of hydrogen-bond acceptors (Lipinski definition) is 2.